The van der Waals surface area contributed by atoms with Gasteiger partial charge in [-0.15, -0.1) is 0 Å². The number of fused-ring (bicyclic) bond motifs is 3. The molecule has 2 aliphatic rings. The maximum atomic E-state index is 13.6. The number of piperidine rings is 1. The number of carbonyl (C=O) groups is 1. The summed E-state index contributed by atoms with van der Waals surface area (Å²) < 4.78 is 2.11. The van der Waals surface area contributed by atoms with Crippen LogP contribution >= 0.6 is 0 Å². The molecule has 34 heavy (non-hydrogen) atoms. The lowest BCUT2D eigenvalue weighted by Gasteiger charge is -2.39. The maximum absolute atomic E-state index is 13.6. The van der Waals surface area contributed by atoms with Gasteiger partial charge in [0.05, 0.1) is 5.52 Å². The minimum atomic E-state index is 0.199. The van der Waals surface area contributed by atoms with Gasteiger partial charge in [-0.2, -0.15) is 0 Å². The highest BCUT2D eigenvalue weighted by Crippen LogP contribution is 2.41. The summed E-state index contributed by atoms with van der Waals surface area (Å²) in [5.74, 6) is 1.80. The van der Waals surface area contributed by atoms with Crippen LogP contribution in [-0.4, -0.2) is 37.4 Å². The fourth-order valence-corrected chi connectivity index (χ4v) is 6.16. The summed E-state index contributed by atoms with van der Waals surface area (Å²) in [4.78, 5) is 24.7. The minimum absolute atomic E-state index is 0.199. The van der Waals surface area contributed by atoms with E-state index in [0.717, 1.165) is 61.1 Å². The van der Waals surface area contributed by atoms with Crippen molar-refractivity contribution < 1.29 is 4.79 Å². The number of carbonyl (C=O) groups excluding carboxylic acids is 1. The molecular weight excluding hydrogens is 420 g/mol. The molecule has 4 aromatic rings. The van der Waals surface area contributed by atoms with E-state index in [9.17, 15) is 4.79 Å². The van der Waals surface area contributed by atoms with Crippen LogP contribution in [-0.2, 0) is 13.0 Å². The molecule has 0 radical (unpaired) electrons. The molecule has 2 aliphatic heterocycles. The summed E-state index contributed by atoms with van der Waals surface area (Å²) in [6.45, 7) is 2.74. The Balaban J connectivity index is 1.18. The van der Waals surface area contributed by atoms with Gasteiger partial charge in [0.15, 0.2) is 0 Å². The Kier molecular flexibility index (Phi) is 5.40. The molecule has 0 N–H and O–H groups in total. The molecule has 4 heterocycles. The Bertz CT molecular complexity index is 1320. The second-order valence-electron chi connectivity index (χ2n) is 9.93. The summed E-state index contributed by atoms with van der Waals surface area (Å²) in [6, 6.07) is 19.5. The van der Waals surface area contributed by atoms with Gasteiger partial charge in [-0.1, -0.05) is 30.3 Å². The Morgan fingerprint density at radius 1 is 0.971 bits per heavy atom. The number of benzene rings is 2. The topological polar surface area (TPSA) is 51.0 Å². The molecule has 5 nitrogen and oxygen atoms in total. The number of aromatic nitrogens is 3. The van der Waals surface area contributed by atoms with Crippen molar-refractivity contribution in [2.45, 2.75) is 57.7 Å². The van der Waals surface area contributed by atoms with E-state index in [0.29, 0.717) is 18.0 Å². The van der Waals surface area contributed by atoms with Crippen LogP contribution in [0.4, 0.5) is 0 Å². The standard InChI is InChI=1S/C29H30N4O/c1-20-30-13-14-32(20)19-21-5-2-7-24(15-21)29(34)33-25-10-11-26(33)18-22(17-25)16-23-6-3-9-28-27(23)8-4-12-31-28/h2-9,12-15,22,25-26H,10-11,16-19H2,1H3. The van der Waals surface area contributed by atoms with Gasteiger partial charge in [0.25, 0.3) is 5.91 Å². The van der Waals surface area contributed by atoms with E-state index >= 15 is 0 Å². The Morgan fingerprint density at radius 2 is 1.79 bits per heavy atom. The van der Waals surface area contributed by atoms with Crippen molar-refractivity contribution in [3.8, 4) is 0 Å². The van der Waals surface area contributed by atoms with Gasteiger partial charge < -0.3 is 9.47 Å². The lowest BCUT2D eigenvalue weighted by molar-refractivity contribution is 0.0524. The molecule has 0 spiro atoms. The maximum Gasteiger partial charge on any atom is 0.254 e. The second kappa shape index (κ2) is 8.71. The highest BCUT2D eigenvalue weighted by Gasteiger charge is 2.43. The summed E-state index contributed by atoms with van der Waals surface area (Å²) in [6.07, 6.45) is 11.2. The Hall–Kier alpha value is -3.47. The number of imidazole rings is 1. The van der Waals surface area contributed by atoms with E-state index < -0.39 is 0 Å². The SMILES string of the molecule is Cc1nccn1Cc1cccc(C(=O)N2C3CCC2CC(Cc2cccc4ncccc24)C3)c1. The lowest BCUT2D eigenvalue weighted by Crippen LogP contribution is -2.46. The molecule has 2 atom stereocenters. The molecule has 6 rings (SSSR count). The zero-order valence-electron chi connectivity index (χ0n) is 19.6. The van der Waals surface area contributed by atoms with Gasteiger partial charge in [0, 0.05) is 48.2 Å². The van der Waals surface area contributed by atoms with Crippen LogP contribution in [0.2, 0.25) is 0 Å². The first-order valence-electron chi connectivity index (χ1n) is 12.4. The van der Waals surface area contributed by atoms with Crippen LogP contribution in [0.5, 0.6) is 0 Å². The van der Waals surface area contributed by atoms with Gasteiger partial charge in [-0.25, -0.2) is 4.98 Å². The van der Waals surface area contributed by atoms with Crippen LogP contribution in [0.1, 0.15) is 53.0 Å². The number of rotatable bonds is 5. The number of aryl methyl sites for hydroxylation is 1. The average Bonchev–Trinajstić information content (AvgIpc) is 3.38. The van der Waals surface area contributed by atoms with E-state index in [1.807, 2.05) is 43.7 Å². The van der Waals surface area contributed by atoms with Crippen molar-refractivity contribution in [2.24, 2.45) is 5.92 Å². The number of pyridine rings is 1. The van der Waals surface area contributed by atoms with Crippen molar-refractivity contribution in [1.82, 2.24) is 19.4 Å². The summed E-state index contributed by atoms with van der Waals surface area (Å²) >= 11 is 0. The minimum Gasteiger partial charge on any atom is -0.333 e. The lowest BCUT2D eigenvalue weighted by atomic mass is 9.84. The third kappa shape index (κ3) is 3.89. The second-order valence-corrected chi connectivity index (χ2v) is 9.93. The highest BCUT2D eigenvalue weighted by atomic mass is 16.2. The third-order valence-corrected chi connectivity index (χ3v) is 7.76. The van der Waals surface area contributed by atoms with Crippen LogP contribution in [0.25, 0.3) is 10.9 Å². The molecule has 2 bridgehead atoms. The largest absolute Gasteiger partial charge is 0.333 e. The van der Waals surface area contributed by atoms with Crippen molar-refractivity contribution in [3.63, 3.8) is 0 Å². The van der Waals surface area contributed by atoms with E-state index in [-0.39, 0.29) is 5.91 Å². The average molecular weight is 451 g/mol. The van der Waals surface area contributed by atoms with E-state index in [1.165, 1.54) is 10.9 Å². The number of hydrogen-bond acceptors (Lipinski definition) is 3. The van der Waals surface area contributed by atoms with Crippen LogP contribution < -0.4 is 0 Å². The first-order valence-corrected chi connectivity index (χ1v) is 12.4. The van der Waals surface area contributed by atoms with Crippen LogP contribution in [0, 0.1) is 12.8 Å². The molecule has 2 saturated heterocycles. The first kappa shape index (κ1) is 21.1. The van der Waals surface area contributed by atoms with Gasteiger partial charge in [-0.05, 0) is 80.3 Å². The molecule has 2 fully saturated rings. The zero-order chi connectivity index (χ0) is 23.1. The molecule has 2 aromatic carbocycles. The highest BCUT2D eigenvalue weighted by molar-refractivity contribution is 5.95. The van der Waals surface area contributed by atoms with Crippen molar-refractivity contribution in [3.05, 3.63) is 95.7 Å². The third-order valence-electron chi connectivity index (χ3n) is 7.76. The molecule has 5 heteroatoms. The van der Waals surface area contributed by atoms with Gasteiger partial charge in [-0.3, -0.25) is 9.78 Å². The zero-order valence-corrected chi connectivity index (χ0v) is 19.6. The Labute approximate surface area is 200 Å². The fourth-order valence-electron chi connectivity index (χ4n) is 6.16. The van der Waals surface area contributed by atoms with Gasteiger partial charge in [0.1, 0.15) is 5.82 Å². The smallest absolute Gasteiger partial charge is 0.254 e. The van der Waals surface area contributed by atoms with Gasteiger partial charge >= 0.3 is 0 Å². The molecule has 2 unspecified atom stereocenters. The summed E-state index contributed by atoms with van der Waals surface area (Å²) in [5.41, 5.74) is 4.41. The number of hydrogen-bond donors (Lipinski definition) is 0. The normalized spacial score (nSPS) is 21.8. The van der Waals surface area contributed by atoms with Crippen LogP contribution in [0.3, 0.4) is 0 Å². The summed E-state index contributed by atoms with van der Waals surface area (Å²) in [5, 5.41) is 1.26. The van der Waals surface area contributed by atoms with Crippen molar-refractivity contribution in [1.29, 1.82) is 0 Å². The van der Waals surface area contributed by atoms with Gasteiger partial charge in [0.2, 0.25) is 0 Å². The molecule has 1 amide bonds. The molecular formula is C29H30N4O. The Morgan fingerprint density at radius 3 is 2.59 bits per heavy atom. The van der Waals surface area contributed by atoms with Crippen molar-refractivity contribution >= 4 is 16.8 Å². The predicted octanol–water partition coefficient (Wildman–Crippen LogP) is 5.41. The molecule has 172 valence electrons. The van der Waals surface area contributed by atoms with E-state index in [4.69, 9.17) is 0 Å². The molecule has 2 aromatic heterocycles. The predicted molar refractivity (Wildman–Crippen MR) is 134 cm³/mol. The van der Waals surface area contributed by atoms with Crippen molar-refractivity contribution in [2.75, 3.05) is 0 Å². The number of nitrogens with zero attached hydrogens (tertiary/aromatic N) is 4. The molecule has 0 saturated carbocycles. The monoisotopic (exact) mass is 450 g/mol. The summed E-state index contributed by atoms with van der Waals surface area (Å²) in [7, 11) is 0. The van der Waals surface area contributed by atoms with E-state index in [2.05, 4.69) is 55.8 Å². The van der Waals surface area contributed by atoms with E-state index in [1.54, 1.807) is 0 Å². The van der Waals surface area contributed by atoms with Crippen LogP contribution in [0.15, 0.2) is 73.2 Å². The number of amides is 1. The fraction of sp³-hybridized carbons (Fsp3) is 0.345. The molecule has 0 aliphatic carbocycles. The first-order chi connectivity index (χ1) is 16.7. The quantitative estimate of drug-likeness (QED) is 0.408.